The van der Waals surface area contributed by atoms with Crippen molar-refractivity contribution in [1.82, 2.24) is 0 Å². The summed E-state index contributed by atoms with van der Waals surface area (Å²) >= 11 is 0. The Balaban J connectivity index is 2.10. The molecular formula is C16H26N2O3. The van der Waals surface area contributed by atoms with E-state index in [1.807, 2.05) is 13.8 Å². The number of carbonyl (C=O) groups is 1. The van der Waals surface area contributed by atoms with Gasteiger partial charge in [-0.05, 0) is 51.0 Å². The molecule has 5 nitrogen and oxygen atoms in total. The summed E-state index contributed by atoms with van der Waals surface area (Å²) in [5.41, 5.74) is 6.87. The Morgan fingerprint density at radius 2 is 1.90 bits per heavy atom. The zero-order chi connectivity index (χ0) is 15.7. The van der Waals surface area contributed by atoms with Gasteiger partial charge in [-0.3, -0.25) is 4.79 Å². The molecule has 0 aliphatic heterocycles. The van der Waals surface area contributed by atoms with Crippen molar-refractivity contribution >= 4 is 17.3 Å². The first-order valence-electron chi connectivity index (χ1n) is 7.21. The molecule has 0 radical (unpaired) electrons. The molecule has 0 aromatic heterocycles. The Morgan fingerprint density at radius 3 is 2.52 bits per heavy atom. The predicted molar refractivity (Wildman–Crippen MR) is 85.2 cm³/mol. The Hall–Kier alpha value is -1.59. The smallest absolute Gasteiger partial charge is 0.224 e. The summed E-state index contributed by atoms with van der Waals surface area (Å²) in [6.07, 6.45) is 1.98. The van der Waals surface area contributed by atoms with Crippen LogP contribution in [0.3, 0.4) is 0 Å². The highest BCUT2D eigenvalue weighted by molar-refractivity contribution is 5.90. The fourth-order valence-corrected chi connectivity index (χ4v) is 1.65. The van der Waals surface area contributed by atoms with Crippen LogP contribution in [0.2, 0.25) is 0 Å². The maximum absolute atomic E-state index is 11.7. The third kappa shape index (κ3) is 7.68. The van der Waals surface area contributed by atoms with E-state index in [0.29, 0.717) is 31.7 Å². The number of nitrogens with one attached hydrogen (secondary N) is 1. The SMILES string of the molecule is COC(C)(C)CCOCCCC(=O)Nc1ccc(N)cc1. The monoisotopic (exact) mass is 294 g/mol. The summed E-state index contributed by atoms with van der Waals surface area (Å²) in [6, 6.07) is 7.10. The van der Waals surface area contributed by atoms with Crippen LogP contribution in [-0.4, -0.2) is 31.8 Å². The lowest BCUT2D eigenvalue weighted by molar-refractivity contribution is -0.116. The number of rotatable bonds is 9. The van der Waals surface area contributed by atoms with Gasteiger partial charge in [0.2, 0.25) is 5.91 Å². The molecule has 0 aliphatic rings. The largest absolute Gasteiger partial charge is 0.399 e. The molecule has 1 aromatic rings. The first kappa shape index (κ1) is 17.5. The van der Waals surface area contributed by atoms with Crippen LogP contribution in [0.15, 0.2) is 24.3 Å². The molecule has 0 fully saturated rings. The molecular weight excluding hydrogens is 268 g/mol. The number of anilines is 2. The number of nitrogen functional groups attached to an aromatic ring is 1. The maximum atomic E-state index is 11.7. The highest BCUT2D eigenvalue weighted by atomic mass is 16.5. The van der Waals surface area contributed by atoms with Gasteiger partial charge in [0.25, 0.3) is 0 Å². The molecule has 5 heteroatoms. The minimum atomic E-state index is -0.160. The Bertz CT molecular complexity index is 430. The van der Waals surface area contributed by atoms with Crippen molar-refractivity contribution in [3.05, 3.63) is 24.3 Å². The number of ether oxygens (including phenoxy) is 2. The van der Waals surface area contributed by atoms with Crippen molar-refractivity contribution < 1.29 is 14.3 Å². The summed E-state index contributed by atoms with van der Waals surface area (Å²) < 4.78 is 10.8. The van der Waals surface area contributed by atoms with Gasteiger partial charge in [0.05, 0.1) is 5.60 Å². The molecule has 0 unspecified atom stereocenters. The van der Waals surface area contributed by atoms with Gasteiger partial charge in [-0.15, -0.1) is 0 Å². The summed E-state index contributed by atoms with van der Waals surface area (Å²) in [5, 5.41) is 2.82. The molecule has 0 saturated heterocycles. The highest BCUT2D eigenvalue weighted by Gasteiger charge is 2.15. The standard InChI is InChI=1S/C16H26N2O3/c1-16(2,20-3)10-12-21-11-4-5-15(19)18-14-8-6-13(17)7-9-14/h6-9H,4-5,10-12,17H2,1-3H3,(H,18,19). The fraction of sp³-hybridized carbons (Fsp3) is 0.562. The second-order valence-corrected chi connectivity index (χ2v) is 5.60. The van der Waals surface area contributed by atoms with Gasteiger partial charge in [0.1, 0.15) is 0 Å². The van der Waals surface area contributed by atoms with Crippen LogP contribution in [-0.2, 0) is 14.3 Å². The van der Waals surface area contributed by atoms with Crippen LogP contribution in [0.25, 0.3) is 0 Å². The lowest BCUT2D eigenvalue weighted by Crippen LogP contribution is -2.24. The van der Waals surface area contributed by atoms with Crippen LogP contribution in [0.4, 0.5) is 11.4 Å². The second kappa shape index (κ2) is 8.64. The van der Waals surface area contributed by atoms with Crippen molar-refractivity contribution in [2.45, 2.75) is 38.7 Å². The third-order valence-corrected chi connectivity index (χ3v) is 3.29. The summed E-state index contributed by atoms with van der Waals surface area (Å²) in [7, 11) is 1.70. The van der Waals surface area contributed by atoms with Crippen LogP contribution in [0, 0.1) is 0 Å². The van der Waals surface area contributed by atoms with Gasteiger partial charge in [0.15, 0.2) is 0 Å². The Labute approximate surface area is 126 Å². The first-order chi connectivity index (χ1) is 9.93. The molecule has 1 aromatic carbocycles. The average molecular weight is 294 g/mol. The van der Waals surface area contributed by atoms with Crippen molar-refractivity contribution in [2.75, 3.05) is 31.4 Å². The normalized spacial score (nSPS) is 11.4. The summed E-state index contributed by atoms with van der Waals surface area (Å²) in [6.45, 7) is 5.27. The topological polar surface area (TPSA) is 73.6 Å². The number of methoxy groups -OCH3 is 1. The minimum absolute atomic E-state index is 0.0133. The van der Waals surface area contributed by atoms with Crippen molar-refractivity contribution in [1.29, 1.82) is 0 Å². The van der Waals surface area contributed by atoms with Crippen LogP contribution in [0.1, 0.15) is 33.1 Å². The van der Waals surface area contributed by atoms with E-state index in [1.165, 1.54) is 0 Å². The molecule has 0 heterocycles. The number of carbonyl (C=O) groups excluding carboxylic acids is 1. The van der Waals surface area contributed by atoms with Crippen molar-refractivity contribution in [3.63, 3.8) is 0 Å². The zero-order valence-electron chi connectivity index (χ0n) is 13.1. The number of hydrogen-bond acceptors (Lipinski definition) is 4. The summed E-state index contributed by atoms with van der Waals surface area (Å²) in [5.74, 6) is -0.0133. The highest BCUT2D eigenvalue weighted by Crippen LogP contribution is 2.13. The predicted octanol–water partition coefficient (Wildman–Crippen LogP) is 2.82. The average Bonchev–Trinajstić information content (AvgIpc) is 2.45. The van der Waals surface area contributed by atoms with Crippen LogP contribution >= 0.6 is 0 Å². The minimum Gasteiger partial charge on any atom is -0.399 e. The van der Waals surface area contributed by atoms with Gasteiger partial charge in [-0.25, -0.2) is 0 Å². The van der Waals surface area contributed by atoms with Gasteiger partial charge in [-0.2, -0.15) is 0 Å². The number of hydrogen-bond donors (Lipinski definition) is 2. The van der Waals surface area contributed by atoms with E-state index in [0.717, 1.165) is 12.1 Å². The van der Waals surface area contributed by atoms with Gasteiger partial charge >= 0.3 is 0 Å². The van der Waals surface area contributed by atoms with Crippen LogP contribution < -0.4 is 11.1 Å². The van der Waals surface area contributed by atoms with Crippen molar-refractivity contribution in [3.8, 4) is 0 Å². The Kier molecular flexibility index (Phi) is 7.19. The molecule has 0 bridgehead atoms. The lowest BCUT2D eigenvalue weighted by atomic mass is 10.1. The third-order valence-electron chi connectivity index (χ3n) is 3.29. The second-order valence-electron chi connectivity index (χ2n) is 5.60. The lowest BCUT2D eigenvalue weighted by Gasteiger charge is -2.22. The van der Waals surface area contributed by atoms with E-state index in [1.54, 1.807) is 31.4 Å². The molecule has 0 spiro atoms. The molecule has 0 atom stereocenters. The van der Waals surface area contributed by atoms with Crippen molar-refractivity contribution in [2.24, 2.45) is 0 Å². The summed E-state index contributed by atoms with van der Waals surface area (Å²) in [4.78, 5) is 11.7. The zero-order valence-corrected chi connectivity index (χ0v) is 13.1. The molecule has 118 valence electrons. The maximum Gasteiger partial charge on any atom is 0.224 e. The number of amides is 1. The molecule has 21 heavy (non-hydrogen) atoms. The molecule has 0 aliphatic carbocycles. The van der Waals surface area contributed by atoms with Gasteiger partial charge < -0.3 is 20.5 Å². The number of benzene rings is 1. The van der Waals surface area contributed by atoms with E-state index < -0.39 is 0 Å². The van der Waals surface area contributed by atoms with Crippen LogP contribution in [0.5, 0.6) is 0 Å². The van der Waals surface area contributed by atoms with E-state index in [2.05, 4.69) is 5.32 Å². The van der Waals surface area contributed by atoms with E-state index in [9.17, 15) is 4.79 Å². The quantitative estimate of drug-likeness (QED) is 0.542. The Morgan fingerprint density at radius 1 is 1.24 bits per heavy atom. The van der Waals surface area contributed by atoms with E-state index in [-0.39, 0.29) is 11.5 Å². The molecule has 1 rings (SSSR count). The molecule has 1 amide bonds. The molecule has 0 saturated carbocycles. The number of nitrogens with two attached hydrogens (primary N) is 1. The van der Waals surface area contributed by atoms with E-state index in [4.69, 9.17) is 15.2 Å². The van der Waals surface area contributed by atoms with E-state index >= 15 is 0 Å². The fourth-order valence-electron chi connectivity index (χ4n) is 1.65. The van der Waals surface area contributed by atoms with Gasteiger partial charge in [-0.1, -0.05) is 0 Å². The first-order valence-corrected chi connectivity index (χ1v) is 7.21. The van der Waals surface area contributed by atoms with Gasteiger partial charge in [0, 0.05) is 38.1 Å². The molecule has 3 N–H and O–H groups in total.